The van der Waals surface area contributed by atoms with Gasteiger partial charge in [0, 0.05) is 17.8 Å². The van der Waals surface area contributed by atoms with Crippen LogP contribution in [0.2, 0.25) is 0 Å². The maximum absolute atomic E-state index is 12.2. The standard InChI is InChI=1S/C25H31N3O2/c1-7-28-23-12-17(2)20(14-22(23)18(3)15-25(28,4)5)16-26-27-24(29)13-19-8-10-21(30-6)11-9-19/h8-12,14-16H,7,13H2,1-6H3,(H,27,29)/b26-16-. The molecule has 0 saturated heterocycles. The maximum atomic E-state index is 12.2. The van der Waals surface area contributed by atoms with Crippen LogP contribution in [0, 0.1) is 6.92 Å². The van der Waals surface area contributed by atoms with E-state index in [2.05, 4.69) is 68.3 Å². The monoisotopic (exact) mass is 405 g/mol. The molecule has 5 nitrogen and oxygen atoms in total. The van der Waals surface area contributed by atoms with Gasteiger partial charge in [-0.25, -0.2) is 5.43 Å². The molecule has 0 spiro atoms. The number of fused-ring (bicyclic) bond motifs is 1. The van der Waals surface area contributed by atoms with Gasteiger partial charge in [0.15, 0.2) is 0 Å². The molecule has 0 atom stereocenters. The molecule has 0 aromatic heterocycles. The molecular weight excluding hydrogens is 374 g/mol. The van der Waals surface area contributed by atoms with E-state index in [1.54, 1.807) is 13.3 Å². The molecule has 0 bridgehead atoms. The van der Waals surface area contributed by atoms with Gasteiger partial charge in [0.2, 0.25) is 5.91 Å². The van der Waals surface area contributed by atoms with Gasteiger partial charge in [-0.15, -0.1) is 0 Å². The Kier molecular flexibility index (Phi) is 6.30. The summed E-state index contributed by atoms with van der Waals surface area (Å²) in [4.78, 5) is 14.6. The molecule has 158 valence electrons. The summed E-state index contributed by atoms with van der Waals surface area (Å²) >= 11 is 0. The summed E-state index contributed by atoms with van der Waals surface area (Å²) < 4.78 is 5.14. The Labute approximate surface area is 179 Å². The maximum Gasteiger partial charge on any atom is 0.244 e. The van der Waals surface area contributed by atoms with E-state index in [0.717, 1.165) is 29.0 Å². The fourth-order valence-electron chi connectivity index (χ4n) is 4.10. The SMILES string of the molecule is CCN1c2cc(C)c(/C=N\NC(=O)Cc3ccc(OC)cc3)cc2C(C)=CC1(C)C. The Hall–Kier alpha value is -3.08. The minimum absolute atomic E-state index is 0.0106. The van der Waals surface area contributed by atoms with Crippen LogP contribution in [0.15, 0.2) is 47.6 Å². The number of nitrogens with one attached hydrogen (secondary N) is 1. The minimum Gasteiger partial charge on any atom is -0.497 e. The molecule has 1 heterocycles. The van der Waals surface area contributed by atoms with Crippen molar-refractivity contribution in [2.24, 2.45) is 5.10 Å². The Bertz CT molecular complexity index is 988. The molecule has 2 aromatic carbocycles. The first kappa shape index (κ1) is 21.6. The van der Waals surface area contributed by atoms with Gasteiger partial charge in [-0.1, -0.05) is 18.2 Å². The molecule has 1 amide bonds. The number of allylic oxidation sites excluding steroid dienone is 1. The van der Waals surface area contributed by atoms with Gasteiger partial charge in [0.1, 0.15) is 5.75 Å². The molecule has 0 saturated carbocycles. The van der Waals surface area contributed by atoms with E-state index < -0.39 is 0 Å². The molecule has 1 aliphatic rings. The Morgan fingerprint density at radius 3 is 2.53 bits per heavy atom. The highest BCUT2D eigenvalue weighted by molar-refractivity contribution is 5.90. The van der Waals surface area contributed by atoms with Gasteiger partial charge in [0.25, 0.3) is 0 Å². The third-order valence-corrected chi connectivity index (χ3v) is 5.60. The first-order chi connectivity index (χ1) is 14.2. The van der Waals surface area contributed by atoms with Crippen molar-refractivity contribution >= 4 is 23.4 Å². The number of anilines is 1. The second-order valence-corrected chi connectivity index (χ2v) is 8.27. The van der Waals surface area contributed by atoms with E-state index in [1.165, 1.54) is 16.8 Å². The lowest BCUT2D eigenvalue weighted by molar-refractivity contribution is -0.120. The van der Waals surface area contributed by atoms with Crippen molar-refractivity contribution in [2.75, 3.05) is 18.6 Å². The smallest absolute Gasteiger partial charge is 0.244 e. The van der Waals surface area contributed by atoms with Gasteiger partial charge in [-0.3, -0.25) is 4.79 Å². The summed E-state index contributed by atoms with van der Waals surface area (Å²) in [5.41, 5.74) is 9.40. The summed E-state index contributed by atoms with van der Waals surface area (Å²) in [5.74, 6) is 0.622. The van der Waals surface area contributed by atoms with E-state index in [9.17, 15) is 4.79 Å². The summed E-state index contributed by atoms with van der Waals surface area (Å²) in [6.45, 7) is 11.8. The summed E-state index contributed by atoms with van der Waals surface area (Å²) in [5, 5.41) is 4.19. The zero-order chi connectivity index (χ0) is 21.9. The van der Waals surface area contributed by atoms with Crippen LogP contribution in [-0.2, 0) is 11.2 Å². The number of likely N-dealkylation sites (N-methyl/N-ethyl adjacent to an activating group) is 1. The molecule has 0 radical (unpaired) electrons. The lowest BCUT2D eigenvalue weighted by Gasteiger charge is -2.43. The number of carbonyl (C=O) groups is 1. The molecule has 2 aromatic rings. The lowest BCUT2D eigenvalue weighted by Crippen LogP contribution is -2.45. The van der Waals surface area contributed by atoms with E-state index in [-0.39, 0.29) is 17.9 Å². The number of carbonyl (C=O) groups excluding carboxylic acids is 1. The number of ether oxygens (including phenoxy) is 1. The molecule has 0 aliphatic carbocycles. The van der Waals surface area contributed by atoms with Crippen molar-refractivity contribution < 1.29 is 9.53 Å². The second kappa shape index (κ2) is 8.74. The fourth-order valence-corrected chi connectivity index (χ4v) is 4.10. The minimum atomic E-state index is -0.151. The molecule has 30 heavy (non-hydrogen) atoms. The topological polar surface area (TPSA) is 53.9 Å². The highest BCUT2D eigenvalue weighted by Crippen LogP contribution is 2.39. The number of hydrazone groups is 1. The molecule has 0 unspecified atom stereocenters. The van der Waals surface area contributed by atoms with Gasteiger partial charge >= 0.3 is 0 Å². The Balaban J connectivity index is 1.73. The number of hydrogen-bond donors (Lipinski definition) is 1. The highest BCUT2D eigenvalue weighted by Gasteiger charge is 2.30. The average molecular weight is 406 g/mol. The molecule has 3 rings (SSSR count). The number of nitrogens with zero attached hydrogens (tertiary/aromatic N) is 2. The Morgan fingerprint density at radius 1 is 1.20 bits per heavy atom. The summed E-state index contributed by atoms with van der Waals surface area (Å²) in [6.07, 6.45) is 4.31. The predicted molar refractivity (Wildman–Crippen MR) is 124 cm³/mol. The van der Waals surface area contributed by atoms with Crippen LogP contribution in [0.1, 0.15) is 49.9 Å². The molecule has 1 aliphatic heterocycles. The zero-order valence-electron chi connectivity index (χ0n) is 18.7. The van der Waals surface area contributed by atoms with Crippen LogP contribution in [0.25, 0.3) is 5.57 Å². The van der Waals surface area contributed by atoms with Crippen LogP contribution in [-0.4, -0.2) is 31.3 Å². The van der Waals surface area contributed by atoms with Crippen LogP contribution in [0.3, 0.4) is 0 Å². The first-order valence-corrected chi connectivity index (χ1v) is 10.3. The zero-order valence-corrected chi connectivity index (χ0v) is 18.7. The van der Waals surface area contributed by atoms with Crippen LogP contribution in [0.4, 0.5) is 5.69 Å². The quantitative estimate of drug-likeness (QED) is 0.559. The van der Waals surface area contributed by atoms with Gasteiger partial charge in [-0.05, 0) is 81.1 Å². The Morgan fingerprint density at radius 2 is 1.90 bits per heavy atom. The van der Waals surface area contributed by atoms with Crippen LogP contribution >= 0.6 is 0 Å². The average Bonchev–Trinajstić information content (AvgIpc) is 2.69. The summed E-state index contributed by atoms with van der Waals surface area (Å²) in [7, 11) is 1.62. The largest absolute Gasteiger partial charge is 0.497 e. The molecule has 5 heteroatoms. The molecule has 0 fully saturated rings. The molecule has 1 N–H and O–H groups in total. The third kappa shape index (κ3) is 4.56. The van der Waals surface area contributed by atoms with E-state index >= 15 is 0 Å². The number of aryl methyl sites for hydroxylation is 1. The van der Waals surface area contributed by atoms with Gasteiger partial charge < -0.3 is 9.64 Å². The lowest BCUT2D eigenvalue weighted by atomic mass is 9.87. The highest BCUT2D eigenvalue weighted by atomic mass is 16.5. The number of hydrogen-bond acceptors (Lipinski definition) is 4. The van der Waals surface area contributed by atoms with Crippen molar-refractivity contribution in [1.82, 2.24) is 5.43 Å². The van der Waals surface area contributed by atoms with Crippen molar-refractivity contribution in [3.8, 4) is 5.75 Å². The third-order valence-electron chi connectivity index (χ3n) is 5.60. The normalized spacial score (nSPS) is 15.0. The van der Waals surface area contributed by atoms with E-state index in [1.807, 2.05) is 24.3 Å². The van der Waals surface area contributed by atoms with Gasteiger partial charge in [-0.2, -0.15) is 5.10 Å². The van der Waals surface area contributed by atoms with Crippen molar-refractivity contribution in [2.45, 2.75) is 46.6 Å². The fraction of sp³-hybridized carbons (Fsp3) is 0.360. The predicted octanol–water partition coefficient (Wildman–Crippen LogP) is 4.72. The van der Waals surface area contributed by atoms with Crippen LogP contribution < -0.4 is 15.1 Å². The van der Waals surface area contributed by atoms with E-state index in [0.29, 0.717) is 0 Å². The molecular formula is C25H31N3O2. The van der Waals surface area contributed by atoms with Crippen LogP contribution in [0.5, 0.6) is 5.75 Å². The summed E-state index contributed by atoms with van der Waals surface area (Å²) in [6, 6.07) is 11.8. The van der Waals surface area contributed by atoms with E-state index in [4.69, 9.17) is 4.74 Å². The van der Waals surface area contributed by atoms with Crippen molar-refractivity contribution in [3.05, 3.63) is 64.7 Å². The first-order valence-electron chi connectivity index (χ1n) is 10.3. The number of rotatable bonds is 6. The number of methoxy groups -OCH3 is 1. The van der Waals surface area contributed by atoms with Gasteiger partial charge in [0.05, 0.1) is 25.3 Å². The number of amides is 1. The second-order valence-electron chi connectivity index (χ2n) is 8.27. The number of benzene rings is 2. The van der Waals surface area contributed by atoms with Crippen molar-refractivity contribution in [1.29, 1.82) is 0 Å². The van der Waals surface area contributed by atoms with Crippen molar-refractivity contribution in [3.63, 3.8) is 0 Å².